The monoisotopic (exact) mass is 294 g/mol. The summed E-state index contributed by atoms with van der Waals surface area (Å²) in [7, 11) is 0. The first kappa shape index (κ1) is 13.7. The van der Waals surface area contributed by atoms with Crippen LogP contribution in [0.4, 0.5) is 0 Å². The highest BCUT2D eigenvalue weighted by molar-refractivity contribution is 6.30. The van der Waals surface area contributed by atoms with Crippen molar-refractivity contribution in [2.45, 2.75) is 37.8 Å². The van der Waals surface area contributed by atoms with E-state index in [0.717, 1.165) is 42.1 Å². The van der Waals surface area contributed by atoms with E-state index in [9.17, 15) is 4.79 Å². The fraction of sp³-hybridized carbons (Fsp3) is 0.533. The first-order valence-corrected chi connectivity index (χ1v) is 7.53. The summed E-state index contributed by atoms with van der Waals surface area (Å²) in [5, 5.41) is 7.01. The van der Waals surface area contributed by atoms with Crippen LogP contribution in [0.3, 0.4) is 0 Å². The Hall–Kier alpha value is -1.26. The maximum Gasteiger partial charge on any atom is 0.221 e. The summed E-state index contributed by atoms with van der Waals surface area (Å²) < 4.78 is 5.82. The predicted molar refractivity (Wildman–Crippen MR) is 78.2 cm³/mol. The molecule has 3 rings (SSSR count). The quantitative estimate of drug-likeness (QED) is 0.788. The van der Waals surface area contributed by atoms with Gasteiger partial charge in [0.25, 0.3) is 0 Å². The zero-order valence-electron chi connectivity index (χ0n) is 11.3. The first-order valence-electron chi connectivity index (χ1n) is 7.16. The summed E-state index contributed by atoms with van der Waals surface area (Å²) >= 11 is 5.96. The van der Waals surface area contributed by atoms with E-state index < -0.39 is 0 Å². The number of rotatable bonds is 6. The van der Waals surface area contributed by atoms with Crippen LogP contribution in [-0.2, 0) is 11.2 Å². The number of ether oxygens (including phenoxy) is 1. The van der Waals surface area contributed by atoms with Crippen molar-refractivity contribution in [1.29, 1.82) is 0 Å². The average molecular weight is 295 g/mol. The Labute approximate surface area is 123 Å². The molecule has 20 heavy (non-hydrogen) atoms. The van der Waals surface area contributed by atoms with E-state index in [0.29, 0.717) is 19.0 Å². The molecular formula is C15H19ClN2O2. The van der Waals surface area contributed by atoms with E-state index in [1.54, 1.807) is 0 Å². The van der Waals surface area contributed by atoms with Gasteiger partial charge in [-0.05, 0) is 36.6 Å². The number of hydrogen-bond donors (Lipinski definition) is 2. The minimum Gasteiger partial charge on any atom is -0.488 e. The van der Waals surface area contributed by atoms with Crippen LogP contribution in [0.15, 0.2) is 18.2 Å². The van der Waals surface area contributed by atoms with E-state index in [1.165, 1.54) is 0 Å². The summed E-state index contributed by atoms with van der Waals surface area (Å²) in [6.07, 6.45) is 3.81. The molecular weight excluding hydrogens is 276 g/mol. The Kier molecular flexibility index (Phi) is 4.13. The van der Waals surface area contributed by atoms with Gasteiger partial charge < -0.3 is 15.4 Å². The molecule has 1 atom stereocenters. The van der Waals surface area contributed by atoms with Gasteiger partial charge in [-0.2, -0.15) is 0 Å². The maximum atomic E-state index is 11.5. The Morgan fingerprint density at radius 2 is 2.25 bits per heavy atom. The van der Waals surface area contributed by atoms with Crippen molar-refractivity contribution in [3.05, 3.63) is 28.8 Å². The van der Waals surface area contributed by atoms with Gasteiger partial charge in [-0.3, -0.25) is 4.79 Å². The molecule has 1 fully saturated rings. The van der Waals surface area contributed by atoms with Gasteiger partial charge >= 0.3 is 0 Å². The van der Waals surface area contributed by atoms with Crippen molar-refractivity contribution in [1.82, 2.24) is 10.6 Å². The number of hydrogen-bond acceptors (Lipinski definition) is 3. The number of fused-ring (bicyclic) bond motifs is 1. The van der Waals surface area contributed by atoms with Crippen molar-refractivity contribution >= 4 is 17.5 Å². The van der Waals surface area contributed by atoms with Crippen LogP contribution in [0.5, 0.6) is 5.75 Å². The van der Waals surface area contributed by atoms with Crippen LogP contribution >= 0.6 is 11.6 Å². The topological polar surface area (TPSA) is 50.4 Å². The molecule has 1 aliphatic carbocycles. The minimum atomic E-state index is 0.134. The molecule has 108 valence electrons. The van der Waals surface area contributed by atoms with Gasteiger partial charge in [-0.1, -0.05) is 11.6 Å². The van der Waals surface area contributed by atoms with Crippen LogP contribution in [0.1, 0.15) is 24.8 Å². The van der Waals surface area contributed by atoms with Crippen LogP contribution < -0.4 is 15.4 Å². The normalized spacial score (nSPS) is 20.4. The molecule has 1 heterocycles. The SMILES string of the molecule is O=C(CCNCC1Cc2cc(Cl)ccc2O1)NC1CC1. The molecule has 0 saturated heterocycles. The largest absolute Gasteiger partial charge is 0.488 e. The molecule has 1 saturated carbocycles. The Balaban J connectivity index is 1.35. The van der Waals surface area contributed by atoms with Crippen LogP contribution in [0.2, 0.25) is 5.02 Å². The molecule has 4 nitrogen and oxygen atoms in total. The zero-order chi connectivity index (χ0) is 13.9. The van der Waals surface area contributed by atoms with Crippen molar-refractivity contribution in [3.63, 3.8) is 0 Å². The second-order valence-corrected chi connectivity index (χ2v) is 5.93. The molecule has 2 aliphatic rings. The molecule has 1 aliphatic heterocycles. The van der Waals surface area contributed by atoms with Gasteiger partial charge in [0.2, 0.25) is 5.91 Å². The number of carbonyl (C=O) groups excluding carboxylic acids is 1. The van der Waals surface area contributed by atoms with Gasteiger partial charge in [0.15, 0.2) is 0 Å². The number of nitrogens with one attached hydrogen (secondary N) is 2. The molecule has 0 radical (unpaired) electrons. The Bertz CT molecular complexity index is 503. The molecule has 1 unspecified atom stereocenters. The van der Waals surface area contributed by atoms with Gasteiger partial charge in [-0.25, -0.2) is 0 Å². The summed E-state index contributed by atoms with van der Waals surface area (Å²) in [5.74, 6) is 1.06. The second-order valence-electron chi connectivity index (χ2n) is 5.49. The highest BCUT2D eigenvalue weighted by Gasteiger charge is 2.24. The fourth-order valence-corrected chi connectivity index (χ4v) is 2.59. The summed E-state index contributed by atoms with van der Waals surface area (Å²) in [6.45, 7) is 1.44. The Morgan fingerprint density at radius 1 is 1.40 bits per heavy atom. The lowest BCUT2D eigenvalue weighted by Gasteiger charge is -2.11. The lowest BCUT2D eigenvalue weighted by molar-refractivity contribution is -0.121. The molecule has 1 aromatic carbocycles. The fourth-order valence-electron chi connectivity index (χ4n) is 2.40. The van der Waals surface area contributed by atoms with Crippen molar-refractivity contribution < 1.29 is 9.53 Å². The van der Waals surface area contributed by atoms with Crippen LogP contribution in [0, 0.1) is 0 Å². The van der Waals surface area contributed by atoms with E-state index in [-0.39, 0.29) is 12.0 Å². The predicted octanol–water partition coefficient (Wildman–Crippen LogP) is 1.90. The number of carbonyl (C=O) groups is 1. The third kappa shape index (κ3) is 3.64. The summed E-state index contributed by atoms with van der Waals surface area (Å²) in [4.78, 5) is 11.5. The van der Waals surface area contributed by atoms with E-state index in [4.69, 9.17) is 16.3 Å². The van der Waals surface area contributed by atoms with E-state index in [1.807, 2.05) is 18.2 Å². The van der Waals surface area contributed by atoms with Crippen molar-refractivity contribution in [3.8, 4) is 5.75 Å². The average Bonchev–Trinajstić information content (AvgIpc) is 3.12. The van der Waals surface area contributed by atoms with E-state index in [2.05, 4.69) is 10.6 Å². The van der Waals surface area contributed by atoms with Gasteiger partial charge in [0.05, 0.1) is 0 Å². The Morgan fingerprint density at radius 3 is 3.05 bits per heavy atom. The van der Waals surface area contributed by atoms with Crippen LogP contribution in [0.25, 0.3) is 0 Å². The molecule has 2 N–H and O–H groups in total. The van der Waals surface area contributed by atoms with Gasteiger partial charge in [0.1, 0.15) is 11.9 Å². The van der Waals surface area contributed by atoms with Crippen LogP contribution in [-0.4, -0.2) is 31.1 Å². The highest BCUT2D eigenvalue weighted by atomic mass is 35.5. The maximum absolute atomic E-state index is 11.5. The van der Waals surface area contributed by atoms with Crippen molar-refractivity contribution in [2.75, 3.05) is 13.1 Å². The second kappa shape index (κ2) is 6.02. The zero-order valence-corrected chi connectivity index (χ0v) is 12.1. The number of amides is 1. The smallest absolute Gasteiger partial charge is 0.221 e. The lowest BCUT2D eigenvalue weighted by atomic mass is 10.1. The van der Waals surface area contributed by atoms with Gasteiger partial charge in [-0.15, -0.1) is 0 Å². The molecule has 1 amide bonds. The highest BCUT2D eigenvalue weighted by Crippen LogP contribution is 2.30. The van der Waals surface area contributed by atoms with Gasteiger partial charge in [0, 0.05) is 37.0 Å². The molecule has 0 spiro atoms. The molecule has 0 aromatic heterocycles. The third-order valence-electron chi connectivity index (χ3n) is 3.61. The third-order valence-corrected chi connectivity index (χ3v) is 3.84. The molecule has 0 bridgehead atoms. The summed E-state index contributed by atoms with van der Waals surface area (Å²) in [5.41, 5.74) is 1.16. The lowest BCUT2D eigenvalue weighted by Crippen LogP contribution is -2.34. The summed E-state index contributed by atoms with van der Waals surface area (Å²) in [6, 6.07) is 6.17. The number of benzene rings is 1. The minimum absolute atomic E-state index is 0.134. The first-order chi connectivity index (χ1) is 9.70. The number of halogens is 1. The standard InChI is InChI=1S/C15H19ClN2O2/c16-11-1-4-14-10(7-11)8-13(20-14)9-17-6-5-15(19)18-12-2-3-12/h1,4,7,12-13,17H,2-3,5-6,8-9H2,(H,18,19). The molecule has 5 heteroatoms. The van der Waals surface area contributed by atoms with E-state index >= 15 is 0 Å². The molecule has 1 aromatic rings. The van der Waals surface area contributed by atoms with Crippen molar-refractivity contribution in [2.24, 2.45) is 0 Å².